The molecule has 1 aromatic carbocycles. The maximum atomic E-state index is 12.7. The predicted molar refractivity (Wildman–Crippen MR) is 110 cm³/mol. The van der Waals surface area contributed by atoms with E-state index in [9.17, 15) is 27.1 Å². The Labute approximate surface area is 183 Å². The van der Waals surface area contributed by atoms with Gasteiger partial charge in [-0.15, -0.1) is 0 Å². The average molecular weight is 465 g/mol. The van der Waals surface area contributed by atoms with Gasteiger partial charge in [-0.3, -0.25) is 4.79 Å². The van der Waals surface area contributed by atoms with E-state index in [1.54, 1.807) is 17.0 Å². The standard InChI is InChI=1S/C21H21F2N3O5S/c22-21(23)31-17-6-7-19(24-8-17)32(29,30)26-11-16(12-26)15-9-25(10-15)20(28)18(13-27)14-4-2-1-3-5-14/h1-8,18,21,27H,9-13H2/t18-/m1/s1. The van der Waals surface area contributed by atoms with Crippen molar-refractivity contribution in [3.8, 4) is 5.75 Å². The number of hydrogen-bond acceptors (Lipinski definition) is 6. The fraction of sp³-hybridized carbons (Fsp3) is 0.333. The fourth-order valence-corrected chi connectivity index (χ4v) is 4.96. The molecule has 0 spiro atoms. The van der Waals surface area contributed by atoms with Gasteiger partial charge in [-0.2, -0.15) is 13.1 Å². The van der Waals surface area contributed by atoms with E-state index >= 15 is 0 Å². The minimum atomic E-state index is -3.85. The number of halogens is 2. The van der Waals surface area contributed by atoms with Crippen LogP contribution in [0.25, 0.3) is 0 Å². The van der Waals surface area contributed by atoms with Gasteiger partial charge in [-0.05, 0) is 28.8 Å². The van der Waals surface area contributed by atoms with Gasteiger partial charge in [0.25, 0.3) is 10.0 Å². The molecule has 0 radical (unpaired) electrons. The summed E-state index contributed by atoms with van der Waals surface area (Å²) >= 11 is 0. The first-order chi connectivity index (χ1) is 15.3. The van der Waals surface area contributed by atoms with Crippen molar-refractivity contribution in [3.63, 3.8) is 0 Å². The lowest BCUT2D eigenvalue weighted by atomic mass is 9.92. The molecule has 1 atom stereocenters. The molecule has 11 heteroatoms. The molecule has 1 aromatic heterocycles. The Morgan fingerprint density at radius 2 is 1.72 bits per heavy atom. The lowest BCUT2D eigenvalue weighted by Crippen LogP contribution is -2.52. The van der Waals surface area contributed by atoms with E-state index in [4.69, 9.17) is 0 Å². The third-order valence-electron chi connectivity index (χ3n) is 5.53. The normalized spacial score (nSPS) is 17.7. The minimum absolute atomic E-state index is 0.165. The van der Waals surface area contributed by atoms with Gasteiger partial charge in [0.1, 0.15) is 5.75 Å². The molecule has 2 aliphatic rings. The highest BCUT2D eigenvalue weighted by molar-refractivity contribution is 7.89. The Morgan fingerprint density at radius 3 is 2.28 bits per heavy atom. The van der Waals surface area contributed by atoms with Crippen molar-refractivity contribution in [2.24, 2.45) is 0 Å². The van der Waals surface area contributed by atoms with Crippen LogP contribution in [-0.2, 0) is 14.8 Å². The molecular weight excluding hydrogens is 444 g/mol. The summed E-state index contributed by atoms with van der Waals surface area (Å²) in [4.78, 5) is 18.1. The Morgan fingerprint density at radius 1 is 1.06 bits per heavy atom. The molecule has 8 nitrogen and oxygen atoms in total. The lowest BCUT2D eigenvalue weighted by molar-refractivity contribution is -0.135. The second kappa shape index (κ2) is 8.93. The predicted octanol–water partition coefficient (Wildman–Crippen LogP) is 1.60. The molecular formula is C21H21F2N3O5S. The summed E-state index contributed by atoms with van der Waals surface area (Å²) in [6.45, 7) is -2.10. The average Bonchev–Trinajstić information content (AvgIpc) is 2.69. The number of pyridine rings is 1. The summed E-state index contributed by atoms with van der Waals surface area (Å²) in [5.74, 6) is -1.01. The number of likely N-dealkylation sites (tertiary alicyclic amines) is 1. The lowest BCUT2D eigenvalue weighted by Gasteiger charge is -2.42. The Balaban J connectivity index is 1.34. The van der Waals surface area contributed by atoms with Crippen molar-refractivity contribution in [2.45, 2.75) is 17.6 Å². The summed E-state index contributed by atoms with van der Waals surface area (Å²) in [5, 5.41) is 9.41. The summed E-state index contributed by atoms with van der Waals surface area (Å²) in [6.07, 6.45) is 0.942. The topological polar surface area (TPSA) is 100 Å². The third kappa shape index (κ3) is 4.36. The van der Waals surface area contributed by atoms with Crippen LogP contribution in [0.3, 0.4) is 0 Å². The second-order valence-corrected chi connectivity index (χ2v) is 9.42. The Kier molecular flexibility index (Phi) is 6.22. The number of benzene rings is 1. The van der Waals surface area contributed by atoms with Crippen LogP contribution in [0.15, 0.2) is 64.8 Å². The number of alkyl halides is 2. The van der Waals surface area contributed by atoms with Gasteiger partial charge in [-0.1, -0.05) is 30.3 Å². The molecule has 4 rings (SSSR count). The minimum Gasteiger partial charge on any atom is -0.433 e. The first-order valence-corrected chi connectivity index (χ1v) is 11.3. The molecule has 0 saturated carbocycles. The number of amides is 1. The maximum absolute atomic E-state index is 12.7. The van der Waals surface area contributed by atoms with Crippen LogP contribution in [0.4, 0.5) is 8.78 Å². The van der Waals surface area contributed by atoms with Crippen molar-refractivity contribution in [1.29, 1.82) is 0 Å². The van der Waals surface area contributed by atoms with Gasteiger partial charge in [0.2, 0.25) is 5.91 Å². The molecule has 32 heavy (non-hydrogen) atoms. The number of sulfonamides is 1. The number of aliphatic hydroxyl groups is 1. The number of nitrogens with zero attached hydrogens (tertiary/aromatic N) is 3. The second-order valence-electron chi connectivity index (χ2n) is 7.53. The van der Waals surface area contributed by atoms with Crippen LogP contribution >= 0.6 is 0 Å². The monoisotopic (exact) mass is 465 g/mol. The molecule has 3 heterocycles. The van der Waals surface area contributed by atoms with E-state index in [2.05, 4.69) is 9.72 Å². The highest BCUT2D eigenvalue weighted by Gasteiger charge is 2.39. The summed E-state index contributed by atoms with van der Waals surface area (Å²) in [5.41, 5.74) is 2.69. The molecule has 2 saturated heterocycles. The number of hydrogen-bond donors (Lipinski definition) is 1. The Bertz CT molecular complexity index is 1110. The molecule has 2 aromatic rings. The number of ether oxygens (including phenoxy) is 1. The highest BCUT2D eigenvalue weighted by Crippen LogP contribution is 2.31. The summed E-state index contributed by atoms with van der Waals surface area (Å²) in [6, 6.07) is 11.3. The molecule has 1 amide bonds. The summed E-state index contributed by atoms with van der Waals surface area (Å²) in [7, 11) is -3.85. The van der Waals surface area contributed by atoms with Crippen molar-refractivity contribution in [3.05, 3.63) is 65.4 Å². The first-order valence-electron chi connectivity index (χ1n) is 9.85. The van der Waals surface area contributed by atoms with E-state index in [0.717, 1.165) is 35.0 Å². The van der Waals surface area contributed by atoms with Crippen molar-refractivity contribution < 1.29 is 31.8 Å². The molecule has 2 aliphatic heterocycles. The zero-order valence-electron chi connectivity index (χ0n) is 16.9. The van der Waals surface area contributed by atoms with Gasteiger partial charge >= 0.3 is 6.61 Å². The van der Waals surface area contributed by atoms with Crippen molar-refractivity contribution in [2.75, 3.05) is 32.8 Å². The third-order valence-corrected chi connectivity index (χ3v) is 7.24. The van der Waals surface area contributed by atoms with E-state index in [-0.39, 0.29) is 36.4 Å². The van der Waals surface area contributed by atoms with Crippen LogP contribution in [0, 0.1) is 0 Å². The number of rotatable bonds is 7. The largest absolute Gasteiger partial charge is 0.433 e. The number of aliphatic hydroxyl groups excluding tert-OH is 1. The molecule has 2 fully saturated rings. The Hall–Kier alpha value is -2.89. The highest BCUT2D eigenvalue weighted by atomic mass is 32.2. The van der Waals surface area contributed by atoms with E-state index in [1.165, 1.54) is 4.31 Å². The number of carbonyl (C=O) groups excluding carboxylic acids is 1. The molecule has 0 bridgehead atoms. The van der Waals surface area contributed by atoms with E-state index in [0.29, 0.717) is 13.1 Å². The quantitative estimate of drug-likeness (QED) is 0.624. The molecule has 170 valence electrons. The van der Waals surface area contributed by atoms with Crippen LogP contribution in [0.2, 0.25) is 0 Å². The maximum Gasteiger partial charge on any atom is 0.387 e. The van der Waals surface area contributed by atoms with Crippen molar-refractivity contribution in [1.82, 2.24) is 14.2 Å². The van der Waals surface area contributed by atoms with Crippen molar-refractivity contribution >= 4 is 15.9 Å². The van der Waals surface area contributed by atoms with Crippen LogP contribution in [0.1, 0.15) is 11.5 Å². The number of carbonyl (C=O) groups is 1. The van der Waals surface area contributed by atoms with Gasteiger partial charge in [0, 0.05) is 26.2 Å². The SMILES string of the molecule is O=C([C@H](CO)c1ccccc1)N1CC(=C2CN(S(=O)(=O)c3ccc(OC(F)F)cn3)C2)C1. The summed E-state index contributed by atoms with van der Waals surface area (Å²) < 4.78 is 55.1. The van der Waals surface area contributed by atoms with Crippen LogP contribution in [-0.4, -0.2) is 73.0 Å². The van der Waals surface area contributed by atoms with E-state index in [1.807, 2.05) is 18.2 Å². The van der Waals surface area contributed by atoms with Gasteiger partial charge < -0.3 is 14.7 Å². The van der Waals surface area contributed by atoms with Crippen LogP contribution < -0.4 is 4.74 Å². The first kappa shape index (κ1) is 22.3. The van der Waals surface area contributed by atoms with Gasteiger partial charge in [-0.25, -0.2) is 13.4 Å². The zero-order valence-corrected chi connectivity index (χ0v) is 17.7. The molecule has 1 N–H and O–H groups in total. The number of aromatic nitrogens is 1. The van der Waals surface area contributed by atoms with Crippen LogP contribution in [0.5, 0.6) is 5.75 Å². The molecule has 0 aliphatic carbocycles. The fourth-order valence-electron chi connectivity index (χ4n) is 3.62. The van der Waals surface area contributed by atoms with Gasteiger partial charge in [0.05, 0.1) is 18.7 Å². The smallest absolute Gasteiger partial charge is 0.387 e. The zero-order chi connectivity index (χ0) is 22.9. The van der Waals surface area contributed by atoms with Gasteiger partial charge in [0.15, 0.2) is 5.03 Å². The van der Waals surface area contributed by atoms with E-state index < -0.39 is 22.6 Å². The molecule has 0 unspecified atom stereocenters.